The van der Waals surface area contributed by atoms with Crippen molar-refractivity contribution in [1.29, 1.82) is 0 Å². The zero-order valence-corrected chi connectivity index (χ0v) is 24.7. The Balaban J connectivity index is 1.70. The molecule has 1 amide bonds. The number of rotatable bonds is 6. The summed E-state index contributed by atoms with van der Waals surface area (Å²) in [4.78, 5) is 43.4. The van der Waals surface area contributed by atoms with E-state index in [1.807, 2.05) is 0 Å². The molecular formula is C29H19BiF3N3O5. The van der Waals surface area contributed by atoms with E-state index in [-0.39, 0.29) is 22.2 Å². The molecule has 0 saturated heterocycles. The van der Waals surface area contributed by atoms with Crippen LogP contribution in [0.3, 0.4) is 0 Å². The number of alkyl halides is 3. The van der Waals surface area contributed by atoms with Crippen LogP contribution in [0.15, 0.2) is 89.9 Å². The first kappa shape index (κ1) is 28.2. The van der Waals surface area contributed by atoms with Gasteiger partial charge in [0.1, 0.15) is 0 Å². The van der Waals surface area contributed by atoms with Gasteiger partial charge in [-0.3, -0.25) is 4.98 Å². The van der Waals surface area contributed by atoms with Gasteiger partial charge < -0.3 is 0 Å². The Morgan fingerprint density at radius 2 is 1.63 bits per heavy atom. The number of halogens is 3. The van der Waals surface area contributed by atoms with E-state index in [0.29, 0.717) is 22.0 Å². The van der Waals surface area contributed by atoms with Crippen LogP contribution in [-0.4, -0.2) is 45.1 Å². The van der Waals surface area contributed by atoms with Crippen molar-refractivity contribution < 1.29 is 28.4 Å². The molecule has 0 spiro atoms. The SMILES string of the molecule is C[C@H](NC(=O)c1ccc2c(c1)c1cc(C(=O)[O][Bi]=[O])ccc1c(=O)n2-c1ccc(C(F)(F)F)cc1)c1ccccn1. The first-order chi connectivity index (χ1) is 19.6. The van der Waals surface area contributed by atoms with Crippen molar-refractivity contribution in [2.45, 2.75) is 19.1 Å². The van der Waals surface area contributed by atoms with Gasteiger partial charge in [-0.25, -0.2) is 0 Å². The van der Waals surface area contributed by atoms with E-state index >= 15 is 0 Å². The van der Waals surface area contributed by atoms with E-state index in [0.717, 1.165) is 12.1 Å². The number of benzene rings is 3. The van der Waals surface area contributed by atoms with Gasteiger partial charge >= 0.3 is 201 Å². The standard InChI is InChI=1S/C29H20F3N3O4.Bi.O/c1-16(24-4-2-3-13-33-24)34-26(36)17-6-12-25-23(14-17)22-15-18(28(38)39)5-11-21(22)27(37)35(25)20-9-7-19(8-10-20)29(30,31)32;;/h2-16H,1H3,(H,34,36)(H,38,39);;/q;+1;/p-1/t16-;;/m0../s1. The fourth-order valence-electron chi connectivity index (χ4n) is 4.53. The second-order valence-corrected chi connectivity index (χ2v) is 10.4. The van der Waals surface area contributed by atoms with Gasteiger partial charge in [0.25, 0.3) is 0 Å². The predicted octanol–water partition coefficient (Wildman–Crippen LogP) is 5.17. The molecule has 3 aromatic carbocycles. The molecule has 0 radical (unpaired) electrons. The number of carbonyl (C=O) groups is 2. The van der Waals surface area contributed by atoms with Crippen molar-refractivity contribution in [3.05, 3.63) is 118 Å². The first-order valence-electron chi connectivity index (χ1n) is 12.1. The van der Waals surface area contributed by atoms with Gasteiger partial charge in [-0.1, -0.05) is 6.07 Å². The fraction of sp³-hybridized carbons (Fsp3) is 0.103. The van der Waals surface area contributed by atoms with Crippen molar-refractivity contribution in [2.75, 3.05) is 0 Å². The molecule has 0 bridgehead atoms. The molecule has 0 aliphatic rings. The molecule has 2 heterocycles. The minimum atomic E-state index is -4.55. The van der Waals surface area contributed by atoms with E-state index in [1.165, 1.54) is 53.1 Å². The van der Waals surface area contributed by atoms with E-state index in [9.17, 15) is 30.4 Å². The second kappa shape index (κ2) is 11.3. The monoisotopic (exact) mass is 755 g/mol. The molecule has 8 nitrogen and oxygen atoms in total. The van der Waals surface area contributed by atoms with Crippen LogP contribution >= 0.6 is 0 Å². The maximum absolute atomic E-state index is 13.6. The molecule has 206 valence electrons. The number of aromatic nitrogens is 2. The number of hydrogen-bond donors (Lipinski definition) is 1. The van der Waals surface area contributed by atoms with E-state index in [4.69, 9.17) is 2.81 Å². The Hall–Kier alpha value is -4.31. The van der Waals surface area contributed by atoms with Gasteiger partial charge in [-0.15, -0.1) is 0 Å². The Morgan fingerprint density at radius 3 is 2.29 bits per heavy atom. The van der Waals surface area contributed by atoms with Gasteiger partial charge in [-0.05, 0) is 12.1 Å². The Kier molecular flexibility index (Phi) is 7.77. The number of amides is 1. The van der Waals surface area contributed by atoms with Crippen LogP contribution in [0.5, 0.6) is 0 Å². The van der Waals surface area contributed by atoms with Crippen LogP contribution in [0.1, 0.15) is 44.9 Å². The molecule has 1 atom stereocenters. The summed E-state index contributed by atoms with van der Waals surface area (Å²) in [5.41, 5.74) is 0.00163. The Morgan fingerprint density at radius 1 is 0.927 bits per heavy atom. The van der Waals surface area contributed by atoms with Crippen molar-refractivity contribution in [3.8, 4) is 5.69 Å². The van der Waals surface area contributed by atoms with Crippen molar-refractivity contribution in [3.63, 3.8) is 0 Å². The average Bonchev–Trinajstić information content (AvgIpc) is 2.97. The van der Waals surface area contributed by atoms with E-state index in [1.54, 1.807) is 31.3 Å². The quantitative estimate of drug-likeness (QED) is 0.190. The van der Waals surface area contributed by atoms with Gasteiger partial charge in [0.15, 0.2) is 0 Å². The minimum Gasteiger partial charge on any atom is -0.259 e. The van der Waals surface area contributed by atoms with E-state index in [2.05, 4.69) is 10.3 Å². The van der Waals surface area contributed by atoms with Crippen LogP contribution in [0, 0.1) is 0 Å². The molecule has 0 aliphatic heterocycles. The molecule has 5 aromatic rings. The van der Waals surface area contributed by atoms with Crippen LogP contribution in [0.4, 0.5) is 13.2 Å². The Bertz CT molecular complexity index is 1870. The van der Waals surface area contributed by atoms with Crippen LogP contribution in [-0.2, 0) is 11.8 Å². The van der Waals surface area contributed by atoms with Crippen molar-refractivity contribution in [2.24, 2.45) is 0 Å². The minimum absolute atomic E-state index is 0.0590. The molecule has 5 rings (SSSR count). The zero-order chi connectivity index (χ0) is 29.3. The van der Waals surface area contributed by atoms with Crippen molar-refractivity contribution >= 4 is 57.2 Å². The summed E-state index contributed by atoms with van der Waals surface area (Å²) >= 11 is -2.65. The average molecular weight is 755 g/mol. The Labute approximate surface area is 242 Å². The van der Waals surface area contributed by atoms with E-state index < -0.39 is 58.9 Å². The smallest absolute Gasteiger partial charge is 0.259 e. The van der Waals surface area contributed by atoms with Crippen molar-refractivity contribution in [1.82, 2.24) is 14.9 Å². The number of hydrogen-bond acceptors (Lipinski definition) is 6. The third kappa shape index (κ3) is 5.65. The third-order valence-electron chi connectivity index (χ3n) is 6.53. The molecule has 2 aromatic heterocycles. The third-order valence-corrected chi connectivity index (χ3v) is 7.47. The number of carbonyl (C=O) groups excluding carboxylic acids is 2. The van der Waals surface area contributed by atoms with Crippen LogP contribution in [0.2, 0.25) is 0 Å². The molecule has 0 aliphatic carbocycles. The molecule has 41 heavy (non-hydrogen) atoms. The number of nitrogens with one attached hydrogen (secondary N) is 1. The predicted molar refractivity (Wildman–Crippen MR) is 144 cm³/mol. The number of pyridine rings is 2. The second-order valence-electron chi connectivity index (χ2n) is 9.08. The van der Waals surface area contributed by atoms with Gasteiger partial charge in [0, 0.05) is 6.20 Å². The maximum atomic E-state index is 13.6. The first-order valence-corrected chi connectivity index (χ1v) is 15.0. The molecular weight excluding hydrogens is 736 g/mol. The normalized spacial score (nSPS) is 12.2. The number of fused-ring (bicyclic) bond motifs is 3. The molecule has 0 saturated carbocycles. The summed E-state index contributed by atoms with van der Waals surface area (Å²) in [5, 5.41) is 3.72. The molecule has 0 fully saturated rings. The molecule has 1 N–H and O–H groups in total. The summed E-state index contributed by atoms with van der Waals surface area (Å²) in [6, 6.07) is 17.8. The topological polar surface area (TPSA) is 107 Å². The summed E-state index contributed by atoms with van der Waals surface area (Å²) in [6.45, 7) is 1.77. The van der Waals surface area contributed by atoms with Crippen LogP contribution in [0.25, 0.3) is 27.4 Å². The van der Waals surface area contributed by atoms with Gasteiger partial charge in [0.05, 0.1) is 0 Å². The molecule has 12 heteroatoms. The van der Waals surface area contributed by atoms with Crippen LogP contribution < -0.4 is 10.9 Å². The number of nitrogens with zero attached hydrogens (tertiary/aromatic N) is 2. The van der Waals surface area contributed by atoms with Gasteiger partial charge in [-0.2, -0.15) is 13.2 Å². The zero-order valence-electron chi connectivity index (χ0n) is 21.2. The summed E-state index contributed by atoms with van der Waals surface area (Å²) in [7, 11) is 0. The fourth-order valence-corrected chi connectivity index (χ4v) is 5.20. The van der Waals surface area contributed by atoms with Gasteiger partial charge in [0.2, 0.25) is 0 Å². The molecule has 0 unspecified atom stereocenters. The summed E-state index contributed by atoms with van der Waals surface area (Å²) in [6.07, 6.45) is -2.94. The summed E-state index contributed by atoms with van der Waals surface area (Å²) in [5.74, 6) is -1.24. The summed E-state index contributed by atoms with van der Waals surface area (Å²) < 4.78 is 56.5.